The minimum Gasteiger partial charge on any atom is -0.454 e. The van der Waals surface area contributed by atoms with Gasteiger partial charge in [-0.3, -0.25) is 24.1 Å². The minimum atomic E-state index is -0.407. The Bertz CT molecular complexity index is 1080. The number of rotatable bonds is 8. The van der Waals surface area contributed by atoms with Crippen LogP contribution in [0.25, 0.3) is 6.08 Å². The number of thioether (sulfide) groups is 1. The van der Waals surface area contributed by atoms with E-state index in [9.17, 15) is 19.2 Å². The van der Waals surface area contributed by atoms with E-state index in [4.69, 9.17) is 9.47 Å². The van der Waals surface area contributed by atoms with Crippen LogP contribution in [0.4, 0.5) is 4.79 Å². The second-order valence-electron chi connectivity index (χ2n) is 6.81. The van der Waals surface area contributed by atoms with Crippen molar-refractivity contribution in [2.75, 3.05) is 26.4 Å². The van der Waals surface area contributed by atoms with Crippen LogP contribution in [0.5, 0.6) is 11.5 Å². The van der Waals surface area contributed by atoms with Crippen molar-refractivity contribution in [2.45, 2.75) is 6.42 Å². The lowest BCUT2D eigenvalue weighted by Gasteiger charge is -2.13. The molecule has 4 rings (SSSR count). The average Bonchev–Trinajstić information content (AvgIpc) is 3.51. The van der Waals surface area contributed by atoms with Gasteiger partial charge in [-0.2, -0.15) is 11.3 Å². The van der Waals surface area contributed by atoms with Gasteiger partial charge in [0.25, 0.3) is 17.1 Å². The van der Waals surface area contributed by atoms with Crippen LogP contribution in [0.2, 0.25) is 0 Å². The van der Waals surface area contributed by atoms with Gasteiger partial charge in [0.05, 0.1) is 4.91 Å². The number of benzene rings is 1. The molecule has 166 valence electrons. The quantitative estimate of drug-likeness (QED) is 0.566. The molecule has 4 amide bonds. The lowest BCUT2D eigenvalue weighted by Crippen LogP contribution is -2.38. The molecule has 0 bridgehead atoms. The van der Waals surface area contributed by atoms with Crippen LogP contribution in [0.1, 0.15) is 22.3 Å². The molecule has 32 heavy (non-hydrogen) atoms. The number of carbonyl (C=O) groups excluding carboxylic acids is 4. The predicted molar refractivity (Wildman–Crippen MR) is 120 cm³/mol. The van der Waals surface area contributed by atoms with E-state index in [0.29, 0.717) is 22.0 Å². The number of carbonyl (C=O) groups is 4. The van der Waals surface area contributed by atoms with E-state index in [1.54, 1.807) is 41.1 Å². The Labute approximate surface area is 191 Å². The Hall–Kier alpha value is -3.31. The van der Waals surface area contributed by atoms with E-state index >= 15 is 0 Å². The SMILES string of the molecule is O=C(CCNC(=O)c1ccsc1)NCCN1C(=O)S/C(=C\c2ccc3c(c2)OCO3)C1=O. The Morgan fingerprint density at radius 2 is 1.94 bits per heavy atom. The molecule has 1 aromatic heterocycles. The number of thiophene rings is 1. The van der Waals surface area contributed by atoms with Gasteiger partial charge in [-0.25, -0.2) is 0 Å². The van der Waals surface area contributed by atoms with Crippen molar-refractivity contribution < 1.29 is 28.7 Å². The summed E-state index contributed by atoms with van der Waals surface area (Å²) in [7, 11) is 0. The normalized spacial score (nSPS) is 16.0. The molecule has 2 aromatic rings. The topological polar surface area (TPSA) is 114 Å². The van der Waals surface area contributed by atoms with Gasteiger partial charge in [0, 0.05) is 37.0 Å². The van der Waals surface area contributed by atoms with E-state index in [2.05, 4.69) is 10.6 Å². The van der Waals surface area contributed by atoms with Gasteiger partial charge in [-0.15, -0.1) is 0 Å². The number of hydrogen-bond donors (Lipinski definition) is 2. The van der Waals surface area contributed by atoms with Crippen LogP contribution in [-0.4, -0.2) is 54.3 Å². The highest BCUT2D eigenvalue weighted by Crippen LogP contribution is 2.36. The maximum atomic E-state index is 12.6. The number of amides is 4. The molecular weight excluding hydrogens is 454 g/mol. The fourth-order valence-electron chi connectivity index (χ4n) is 3.03. The van der Waals surface area contributed by atoms with Crippen LogP contribution in [0.3, 0.4) is 0 Å². The van der Waals surface area contributed by atoms with Crippen molar-refractivity contribution in [1.82, 2.24) is 15.5 Å². The number of nitrogens with zero attached hydrogens (tertiary/aromatic N) is 1. The second-order valence-corrected chi connectivity index (χ2v) is 8.59. The molecule has 2 N–H and O–H groups in total. The third kappa shape index (κ3) is 5.11. The highest BCUT2D eigenvalue weighted by molar-refractivity contribution is 8.18. The van der Waals surface area contributed by atoms with Crippen LogP contribution in [-0.2, 0) is 9.59 Å². The van der Waals surface area contributed by atoms with Gasteiger partial charge in [0.15, 0.2) is 11.5 Å². The zero-order valence-corrected chi connectivity index (χ0v) is 18.4. The predicted octanol–water partition coefficient (Wildman–Crippen LogP) is 2.45. The molecular formula is C21H19N3O6S2. The maximum Gasteiger partial charge on any atom is 0.293 e. The molecule has 0 atom stereocenters. The third-order valence-corrected chi connectivity index (χ3v) is 6.24. The molecule has 0 saturated carbocycles. The van der Waals surface area contributed by atoms with Gasteiger partial charge in [-0.1, -0.05) is 6.07 Å². The summed E-state index contributed by atoms with van der Waals surface area (Å²) < 4.78 is 10.6. The van der Waals surface area contributed by atoms with E-state index in [-0.39, 0.29) is 49.9 Å². The third-order valence-electron chi connectivity index (χ3n) is 4.65. The zero-order valence-electron chi connectivity index (χ0n) is 16.8. The molecule has 1 fully saturated rings. The molecule has 2 aliphatic heterocycles. The molecule has 3 heterocycles. The van der Waals surface area contributed by atoms with Gasteiger partial charge in [0.2, 0.25) is 12.7 Å². The maximum absolute atomic E-state index is 12.6. The van der Waals surface area contributed by atoms with E-state index < -0.39 is 5.91 Å². The van der Waals surface area contributed by atoms with Crippen LogP contribution < -0.4 is 20.1 Å². The largest absolute Gasteiger partial charge is 0.454 e. The van der Waals surface area contributed by atoms with Crippen LogP contribution in [0.15, 0.2) is 39.9 Å². The van der Waals surface area contributed by atoms with Crippen LogP contribution in [0, 0.1) is 0 Å². The fraction of sp³-hybridized carbons (Fsp3) is 0.238. The van der Waals surface area contributed by atoms with Gasteiger partial charge in [0.1, 0.15) is 0 Å². The van der Waals surface area contributed by atoms with Gasteiger partial charge < -0.3 is 20.1 Å². The molecule has 11 heteroatoms. The molecule has 0 aliphatic carbocycles. The zero-order chi connectivity index (χ0) is 22.5. The average molecular weight is 474 g/mol. The molecule has 1 aromatic carbocycles. The summed E-state index contributed by atoms with van der Waals surface area (Å²) in [4.78, 5) is 50.0. The Morgan fingerprint density at radius 3 is 2.75 bits per heavy atom. The first kappa shape index (κ1) is 21.9. The van der Waals surface area contributed by atoms with Crippen LogP contribution >= 0.6 is 23.1 Å². The first-order chi connectivity index (χ1) is 15.5. The number of fused-ring (bicyclic) bond motifs is 1. The molecule has 0 unspecified atom stereocenters. The van der Waals surface area contributed by atoms with Gasteiger partial charge >= 0.3 is 0 Å². The van der Waals surface area contributed by atoms with Crippen molar-refractivity contribution in [1.29, 1.82) is 0 Å². The number of imide groups is 1. The monoisotopic (exact) mass is 473 g/mol. The molecule has 0 radical (unpaired) electrons. The molecule has 9 nitrogen and oxygen atoms in total. The lowest BCUT2D eigenvalue weighted by atomic mass is 10.2. The first-order valence-electron chi connectivity index (χ1n) is 9.73. The summed E-state index contributed by atoms with van der Waals surface area (Å²) in [5.41, 5.74) is 1.28. The molecule has 0 spiro atoms. The molecule has 2 aliphatic rings. The number of nitrogens with one attached hydrogen (secondary N) is 2. The Balaban J connectivity index is 1.22. The van der Waals surface area contributed by atoms with E-state index in [1.165, 1.54) is 11.3 Å². The Morgan fingerprint density at radius 1 is 1.09 bits per heavy atom. The standard InChI is InChI=1S/C21H19N3O6S2/c25-18(3-5-23-19(26)14-4-8-31-11-14)22-6-7-24-20(27)17(32-21(24)28)10-13-1-2-15-16(9-13)30-12-29-15/h1-2,4,8-11H,3,5-7,12H2,(H,22,25)(H,23,26)/b17-10-. The summed E-state index contributed by atoms with van der Waals surface area (Å²) in [5.74, 6) is 0.309. The Kier molecular flexibility index (Phi) is 6.76. The first-order valence-corrected chi connectivity index (χ1v) is 11.5. The number of hydrogen-bond acceptors (Lipinski definition) is 8. The van der Waals surface area contributed by atoms with Crippen molar-refractivity contribution in [3.8, 4) is 11.5 Å². The van der Waals surface area contributed by atoms with Gasteiger partial charge in [-0.05, 0) is 47.0 Å². The summed E-state index contributed by atoms with van der Waals surface area (Å²) in [6, 6.07) is 6.97. The lowest BCUT2D eigenvalue weighted by molar-refractivity contribution is -0.124. The van der Waals surface area contributed by atoms with Crippen molar-refractivity contribution in [3.05, 3.63) is 51.1 Å². The molecule has 1 saturated heterocycles. The highest BCUT2D eigenvalue weighted by atomic mass is 32.2. The van der Waals surface area contributed by atoms with Crippen molar-refractivity contribution >= 4 is 52.1 Å². The summed E-state index contributed by atoms with van der Waals surface area (Å²) in [6.45, 7) is 0.547. The van der Waals surface area contributed by atoms with E-state index in [1.807, 2.05) is 0 Å². The summed E-state index contributed by atoms with van der Waals surface area (Å²) in [5, 5.41) is 8.47. The second kappa shape index (κ2) is 9.88. The van der Waals surface area contributed by atoms with Crippen molar-refractivity contribution in [2.24, 2.45) is 0 Å². The fourth-order valence-corrected chi connectivity index (χ4v) is 4.53. The smallest absolute Gasteiger partial charge is 0.293 e. The van der Waals surface area contributed by atoms with E-state index in [0.717, 1.165) is 22.2 Å². The van der Waals surface area contributed by atoms with Crippen molar-refractivity contribution in [3.63, 3.8) is 0 Å². The summed E-state index contributed by atoms with van der Waals surface area (Å²) >= 11 is 2.27. The summed E-state index contributed by atoms with van der Waals surface area (Å²) in [6.07, 6.45) is 1.73. The number of ether oxygens (including phenoxy) is 2. The highest BCUT2D eigenvalue weighted by Gasteiger charge is 2.34. The minimum absolute atomic E-state index is 0.0656.